The maximum atomic E-state index is 5.78. The van der Waals surface area contributed by atoms with Crippen molar-refractivity contribution in [1.29, 1.82) is 0 Å². The molecule has 1 saturated heterocycles. The fourth-order valence-corrected chi connectivity index (χ4v) is 1.61. The van der Waals surface area contributed by atoms with Crippen LogP contribution in [-0.4, -0.2) is 31.5 Å². The monoisotopic (exact) mass is 201 g/mol. The number of rotatable bonds is 6. The molecule has 3 heteroatoms. The van der Waals surface area contributed by atoms with Gasteiger partial charge >= 0.3 is 0 Å². The molecule has 0 aromatic heterocycles. The highest BCUT2D eigenvalue weighted by Crippen LogP contribution is 2.18. The van der Waals surface area contributed by atoms with Crippen molar-refractivity contribution in [3.63, 3.8) is 0 Å². The molecule has 0 bridgehead atoms. The third-order valence-corrected chi connectivity index (χ3v) is 3.09. The molecule has 84 valence electrons. The van der Waals surface area contributed by atoms with Gasteiger partial charge in [-0.2, -0.15) is 0 Å². The molecular formula is C11H23NO2. The van der Waals surface area contributed by atoms with E-state index in [9.17, 15) is 0 Å². The standard InChI is InChI=1S/C11H23NO2/c1-3-11(2,9-12)14-8-6-10-5-4-7-13-10/h10H,3-9,12H2,1-2H3. The van der Waals surface area contributed by atoms with E-state index in [0.29, 0.717) is 12.6 Å². The van der Waals surface area contributed by atoms with Crippen LogP contribution in [0.25, 0.3) is 0 Å². The third-order valence-electron chi connectivity index (χ3n) is 3.09. The number of hydrogen-bond acceptors (Lipinski definition) is 3. The second kappa shape index (κ2) is 5.69. The van der Waals surface area contributed by atoms with Crippen LogP contribution in [0.4, 0.5) is 0 Å². The van der Waals surface area contributed by atoms with Gasteiger partial charge in [0, 0.05) is 19.8 Å². The van der Waals surface area contributed by atoms with Crippen LogP contribution in [0, 0.1) is 0 Å². The van der Waals surface area contributed by atoms with E-state index in [-0.39, 0.29) is 5.60 Å². The molecule has 0 aromatic rings. The number of hydrogen-bond donors (Lipinski definition) is 1. The van der Waals surface area contributed by atoms with Crippen LogP contribution in [0.3, 0.4) is 0 Å². The largest absolute Gasteiger partial charge is 0.378 e. The predicted molar refractivity (Wildman–Crippen MR) is 57.3 cm³/mol. The molecule has 0 spiro atoms. The first-order valence-corrected chi connectivity index (χ1v) is 5.66. The molecule has 0 amide bonds. The molecule has 14 heavy (non-hydrogen) atoms. The summed E-state index contributed by atoms with van der Waals surface area (Å²) < 4.78 is 11.3. The zero-order chi connectivity index (χ0) is 10.4. The number of nitrogens with two attached hydrogens (primary N) is 1. The van der Waals surface area contributed by atoms with E-state index in [4.69, 9.17) is 15.2 Å². The summed E-state index contributed by atoms with van der Waals surface area (Å²) in [6.45, 7) is 6.47. The lowest BCUT2D eigenvalue weighted by atomic mass is 10.0. The Bertz CT molecular complexity index is 151. The van der Waals surface area contributed by atoms with Crippen LogP contribution in [-0.2, 0) is 9.47 Å². The second-order valence-electron chi connectivity index (χ2n) is 4.28. The topological polar surface area (TPSA) is 44.5 Å². The molecule has 0 aliphatic carbocycles. The summed E-state index contributed by atoms with van der Waals surface area (Å²) in [5.41, 5.74) is 5.52. The molecule has 2 N–H and O–H groups in total. The van der Waals surface area contributed by atoms with Gasteiger partial charge in [0.25, 0.3) is 0 Å². The summed E-state index contributed by atoms with van der Waals surface area (Å²) in [6.07, 6.45) is 4.79. The first-order chi connectivity index (χ1) is 6.70. The van der Waals surface area contributed by atoms with Gasteiger partial charge in [0.2, 0.25) is 0 Å². The Labute approximate surface area is 86.9 Å². The van der Waals surface area contributed by atoms with E-state index in [1.54, 1.807) is 0 Å². The summed E-state index contributed by atoms with van der Waals surface area (Å²) in [5.74, 6) is 0. The fraction of sp³-hybridized carbons (Fsp3) is 1.00. The van der Waals surface area contributed by atoms with E-state index < -0.39 is 0 Å². The quantitative estimate of drug-likeness (QED) is 0.711. The average Bonchev–Trinajstić information content (AvgIpc) is 2.70. The third kappa shape index (κ3) is 3.56. The lowest BCUT2D eigenvalue weighted by molar-refractivity contribution is -0.0420. The van der Waals surface area contributed by atoms with Gasteiger partial charge in [0.15, 0.2) is 0 Å². The van der Waals surface area contributed by atoms with Crippen molar-refractivity contribution < 1.29 is 9.47 Å². The van der Waals surface area contributed by atoms with Crippen LogP contribution in [0.2, 0.25) is 0 Å². The molecule has 1 aliphatic heterocycles. The highest BCUT2D eigenvalue weighted by atomic mass is 16.5. The molecule has 0 aromatic carbocycles. The Morgan fingerprint density at radius 1 is 1.57 bits per heavy atom. The second-order valence-corrected chi connectivity index (χ2v) is 4.28. The number of ether oxygens (including phenoxy) is 2. The van der Waals surface area contributed by atoms with Crippen molar-refractivity contribution in [3.05, 3.63) is 0 Å². The van der Waals surface area contributed by atoms with Crippen LogP contribution in [0.15, 0.2) is 0 Å². The van der Waals surface area contributed by atoms with Gasteiger partial charge in [-0.05, 0) is 32.6 Å². The molecule has 0 saturated carbocycles. The van der Waals surface area contributed by atoms with Crippen LogP contribution < -0.4 is 5.73 Å². The first kappa shape index (κ1) is 12.0. The van der Waals surface area contributed by atoms with Gasteiger partial charge in [0.05, 0.1) is 11.7 Å². The van der Waals surface area contributed by atoms with Crippen molar-refractivity contribution in [3.8, 4) is 0 Å². The van der Waals surface area contributed by atoms with E-state index in [0.717, 1.165) is 26.1 Å². The van der Waals surface area contributed by atoms with Crippen molar-refractivity contribution in [1.82, 2.24) is 0 Å². The van der Waals surface area contributed by atoms with Gasteiger partial charge in [-0.3, -0.25) is 0 Å². The Balaban J connectivity index is 2.12. The molecule has 1 aliphatic rings. The minimum absolute atomic E-state index is 0.140. The summed E-state index contributed by atoms with van der Waals surface area (Å²) in [5, 5.41) is 0. The van der Waals surface area contributed by atoms with Crippen molar-refractivity contribution in [2.24, 2.45) is 5.73 Å². The molecule has 0 radical (unpaired) electrons. The highest BCUT2D eigenvalue weighted by molar-refractivity contribution is 4.74. The summed E-state index contributed by atoms with van der Waals surface area (Å²) >= 11 is 0. The Morgan fingerprint density at radius 3 is 2.86 bits per heavy atom. The maximum absolute atomic E-state index is 5.78. The van der Waals surface area contributed by atoms with Crippen molar-refractivity contribution in [2.45, 2.75) is 51.2 Å². The van der Waals surface area contributed by atoms with Crippen LogP contribution in [0.5, 0.6) is 0 Å². The smallest absolute Gasteiger partial charge is 0.0773 e. The van der Waals surface area contributed by atoms with Gasteiger partial charge in [0.1, 0.15) is 0 Å². The minimum Gasteiger partial charge on any atom is -0.378 e. The van der Waals surface area contributed by atoms with Crippen molar-refractivity contribution >= 4 is 0 Å². The van der Waals surface area contributed by atoms with Gasteiger partial charge < -0.3 is 15.2 Å². The SMILES string of the molecule is CCC(C)(CN)OCCC1CCCO1. The van der Waals surface area contributed by atoms with Crippen LogP contribution >= 0.6 is 0 Å². The summed E-state index contributed by atoms with van der Waals surface area (Å²) in [6, 6.07) is 0. The molecule has 2 atom stereocenters. The molecule has 1 heterocycles. The lowest BCUT2D eigenvalue weighted by Gasteiger charge is -2.27. The highest BCUT2D eigenvalue weighted by Gasteiger charge is 2.22. The Kier molecular flexibility index (Phi) is 4.85. The fourth-order valence-electron chi connectivity index (χ4n) is 1.61. The average molecular weight is 201 g/mol. The van der Waals surface area contributed by atoms with Gasteiger partial charge in [-0.25, -0.2) is 0 Å². The lowest BCUT2D eigenvalue weighted by Crippen LogP contribution is -2.37. The normalized spacial score (nSPS) is 26.4. The van der Waals surface area contributed by atoms with E-state index >= 15 is 0 Å². The molecule has 1 rings (SSSR count). The zero-order valence-electron chi connectivity index (χ0n) is 9.42. The van der Waals surface area contributed by atoms with Crippen LogP contribution in [0.1, 0.15) is 39.5 Å². The predicted octanol–water partition coefficient (Wildman–Crippen LogP) is 1.70. The maximum Gasteiger partial charge on any atom is 0.0773 e. The first-order valence-electron chi connectivity index (χ1n) is 5.66. The van der Waals surface area contributed by atoms with Crippen molar-refractivity contribution in [2.75, 3.05) is 19.8 Å². The molecule has 1 fully saturated rings. The molecule has 2 unspecified atom stereocenters. The van der Waals surface area contributed by atoms with Gasteiger partial charge in [-0.1, -0.05) is 6.92 Å². The Morgan fingerprint density at radius 2 is 2.36 bits per heavy atom. The molecular weight excluding hydrogens is 178 g/mol. The van der Waals surface area contributed by atoms with E-state index in [1.165, 1.54) is 12.8 Å². The molecule has 3 nitrogen and oxygen atoms in total. The van der Waals surface area contributed by atoms with E-state index in [2.05, 4.69) is 13.8 Å². The Hall–Kier alpha value is -0.120. The van der Waals surface area contributed by atoms with E-state index in [1.807, 2.05) is 0 Å². The minimum atomic E-state index is -0.140. The zero-order valence-corrected chi connectivity index (χ0v) is 9.42. The summed E-state index contributed by atoms with van der Waals surface area (Å²) in [4.78, 5) is 0. The van der Waals surface area contributed by atoms with Gasteiger partial charge in [-0.15, -0.1) is 0 Å². The summed E-state index contributed by atoms with van der Waals surface area (Å²) in [7, 11) is 0.